The Morgan fingerprint density at radius 2 is 1.95 bits per heavy atom. The highest BCUT2D eigenvalue weighted by atomic mass is 16.3. The van der Waals surface area contributed by atoms with Crippen molar-refractivity contribution in [1.29, 1.82) is 0 Å². The Labute approximate surface area is 116 Å². The number of rotatable bonds is 3. The van der Waals surface area contributed by atoms with Crippen LogP contribution < -0.4 is 5.73 Å². The lowest BCUT2D eigenvalue weighted by atomic mass is 9.91. The maximum absolute atomic E-state index is 9.86. The maximum atomic E-state index is 9.86. The standard InChI is InChI=1S/C16H26N2O/c1-11-4-6-14(7-5-11)16(13(3)17)18-9-8-15(19)12(2)10-18/h4-7,12-13,15-16,19H,8-10,17H2,1-3H3. The summed E-state index contributed by atoms with van der Waals surface area (Å²) in [5.41, 5.74) is 8.77. The van der Waals surface area contributed by atoms with Crippen LogP contribution in [-0.2, 0) is 0 Å². The van der Waals surface area contributed by atoms with Gasteiger partial charge in [0.2, 0.25) is 0 Å². The van der Waals surface area contributed by atoms with Gasteiger partial charge in [-0.2, -0.15) is 0 Å². The van der Waals surface area contributed by atoms with Crippen molar-refractivity contribution in [2.75, 3.05) is 13.1 Å². The van der Waals surface area contributed by atoms with Crippen LogP contribution in [0.5, 0.6) is 0 Å². The molecule has 3 N–H and O–H groups in total. The van der Waals surface area contributed by atoms with Gasteiger partial charge in [-0.05, 0) is 31.7 Å². The number of hydrogen-bond donors (Lipinski definition) is 2. The molecule has 3 heteroatoms. The maximum Gasteiger partial charge on any atom is 0.0590 e. The lowest BCUT2D eigenvalue weighted by Crippen LogP contribution is -2.48. The quantitative estimate of drug-likeness (QED) is 0.877. The van der Waals surface area contributed by atoms with Crippen LogP contribution in [0.25, 0.3) is 0 Å². The number of likely N-dealkylation sites (tertiary alicyclic amines) is 1. The first-order valence-electron chi connectivity index (χ1n) is 7.23. The Kier molecular flexibility index (Phi) is 4.61. The molecule has 1 aliphatic heterocycles. The third kappa shape index (κ3) is 3.35. The van der Waals surface area contributed by atoms with E-state index >= 15 is 0 Å². The molecule has 1 aromatic carbocycles. The molecular formula is C16H26N2O. The molecule has 0 saturated carbocycles. The molecule has 0 aromatic heterocycles. The van der Waals surface area contributed by atoms with Gasteiger partial charge in [0.1, 0.15) is 0 Å². The van der Waals surface area contributed by atoms with E-state index in [0.29, 0.717) is 5.92 Å². The van der Waals surface area contributed by atoms with Gasteiger partial charge in [0.05, 0.1) is 6.10 Å². The minimum absolute atomic E-state index is 0.0881. The third-order valence-electron chi connectivity index (χ3n) is 4.20. The van der Waals surface area contributed by atoms with E-state index in [2.05, 4.69) is 49.9 Å². The van der Waals surface area contributed by atoms with Gasteiger partial charge in [-0.15, -0.1) is 0 Å². The summed E-state index contributed by atoms with van der Waals surface area (Å²) in [6.45, 7) is 8.13. The highest BCUT2D eigenvalue weighted by molar-refractivity contribution is 5.25. The lowest BCUT2D eigenvalue weighted by Gasteiger charge is -2.41. The van der Waals surface area contributed by atoms with Crippen molar-refractivity contribution in [2.45, 2.75) is 45.4 Å². The van der Waals surface area contributed by atoms with Gasteiger partial charge in [-0.3, -0.25) is 4.90 Å². The Morgan fingerprint density at radius 3 is 2.47 bits per heavy atom. The molecule has 2 rings (SSSR count). The van der Waals surface area contributed by atoms with Crippen molar-refractivity contribution in [1.82, 2.24) is 4.90 Å². The fourth-order valence-electron chi connectivity index (χ4n) is 3.03. The van der Waals surface area contributed by atoms with Crippen LogP contribution in [0, 0.1) is 12.8 Å². The molecule has 0 spiro atoms. The van der Waals surface area contributed by atoms with Gasteiger partial charge in [0, 0.05) is 25.2 Å². The highest BCUT2D eigenvalue weighted by Crippen LogP contribution is 2.29. The van der Waals surface area contributed by atoms with Crippen molar-refractivity contribution in [3.8, 4) is 0 Å². The predicted octanol–water partition coefficient (Wildman–Crippen LogP) is 2.09. The van der Waals surface area contributed by atoms with E-state index in [1.165, 1.54) is 11.1 Å². The van der Waals surface area contributed by atoms with Crippen LogP contribution in [0.1, 0.15) is 37.4 Å². The molecule has 1 saturated heterocycles. The number of aliphatic hydroxyl groups is 1. The van der Waals surface area contributed by atoms with Crippen LogP contribution in [0.3, 0.4) is 0 Å². The first-order valence-corrected chi connectivity index (χ1v) is 7.23. The monoisotopic (exact) mass is 262 g/mol. The SMILES string of the molecule is Cc1ccc(C(C(C)N)N2CCC(O)C(C)C2)cc1. The molecule has 0 radical (unpaired) electrons. The van der Waals surface area contributed by atoms with Crippen LogP contribution in [-0.4, -0.2) is 35.2 Å². The first-order chi connectivity index (χ1) is 8.99. The topological polar surface area (TPSA) is 49.5 Å². The second-order valence-electron chi connectivity index (χ2n) is 6.04. The number of benzene rings is 1. The summed E-state index contributed by atoms with van der Waals surface area (Å²) in [6, 6.07) is 8.98. The highest BCUT2D eigenvalue weighted by Gasteiger charge is 2.31. The van der Waals surface area contributed by atoms with Gasteiger partial charge in [-0.25, -0.2) is 0 Å². The lowest BCUT2D eigenvalue weighted by molar-refractivity contribution is 0.0126. The van der Waals surface area contributed by atoms with Crippen molar-refractivity contribution >= 4 is 0 Å². The molecule has 1 heterocycles. The van der Waals surface area contributed by atoms with Crippen molar-refractivity contribution in [3.05, 3.63) is 35.4 Å². The third-order valence-corrected chi connectivity index (χ3v) is 4.20. The summed E-state index contributed by atoms with van der Waals surface area (Å²) in [6.07, 6.45) is 0.680. The Morgan fingerprint density at radius 1 is 1.32 bits per heavy atom. The molecule has 0 aliphatic carbocycles. The van der Waals surface area contributed by atoms with Gasteiger partial charge >= 0.3 is 0 Å². The van der Waals surface area contributed by atoms with Crippen LogP contribution >= 0.6 is 0 Å². The molecule has 3 nitrogen and oxygen atoms in total. The molecule has 0 amide bonds. The molecular weight excluding hydrogens is 236 g/mol. The van der Waals surface area contributed by atoms with Crippen LogP contribution in [0.15, 0.2) is 24.3 Å². The van der Waals surface area contributed by atoms with E-state index in [1.54, 1.807) is 0 Å². The van der Waals surface area contributed by atoms with Crippen molar-refractivity contribution in [3.63, 3.8) is 0 Å². The average Bonchev–Trinajstić information content (AvgIpc) is 2.36. The Hall–Kier alpha value is -0.900. The van der Waals surface area contributed by atoms with Crippen LogP contribution in [0.2, 0.25) is 0 Å². The fraction of sp³-hybridized carbons (Fsp3) is 0.625. The van der Waals surface area contributed by atoms with E-state index in [9.17, 15) is 5.11 Å². The zero-order chi connectivity index (χ0) is 14.0. The smallest absolute Gasteiger partial charge is 0.0590 e. The zero-order valence-electron chi connectivity index (χ0n) is 12.2. The summed E-state index contributed by atoms with van der Waals surface area (Å²) in [4.78, 5) is 2.42. The molecule has 1 fully saturated rings. The van der Waals surface area contributed by atoms with Crippen LogP contribution in [0.4, 0.5) is 0 Å². The molecule has 1 aliphatic rings. The average molecular weight is 262 g/mol. The van der Waals surface area contributed by atoms with E-state index in [4.69, 9.17) is 5.73 Å². The molecule has 4 atom stereocenters. The summed E-state index contributed by atoms with van der Waals surface area (Å²) < 4.78 is 0. The van der Waals surface area contributed by atoms with Gasteiger partial charge < -0.3 is 10.8 Å². The minimum atomic E-state index is -0.164. The van der Waals surface area contributed by atoms with Crippen molar-refractivity contribution < 1.29 is 5.11 Å². The molecule has 1 aromatic rings. The zero-order valence-corrected chi connectivity index (χ0v) is 12.2. The summed E-state index contributed by atoms with van der Waals surface area (Å²) in [5.74, 6) is 0.320. The summed E-state index contributed by atoms with van der Waals surface area (Å²) >= 11 is 0. The number of hydrogen-bond acceptors (Lipinski definition) is 3. The Bertz CT molecular complexity index is 402. The molecule has 19 heavy (non-hydrogen) atoms. The minimum Gasteiger partial charge on any atom is -0.393 e. The van der Waals surface area contributed by atoms with E-state index in [1.807, 2.05) is 0 Å². The number of nitrogens with two attached hydrogens (primary N) is 1. The van der Waals surface area contributed by atoms with Gasteiger partial charge in [-0.1, -0.05) is 36.8 Å². The second-order valence-corrected chi connectivity index (χ2v) is 6.04. The number of aliphatic hydroxyl groups excluding tert-OH is 1. The predicted molar refractivity (Wildman–Crippen MR) is 78.9 cm³/mol. The van der Waals surface area contributed by atoms with E-state index in [-0.39, 0.29) is 18.2 Å². The number of piperidine rings is 1. The number of aryl methyl sites for hydroxylation is 1. The van der Waals surface area contributed by atoms with E-state index in [0.717, 1.165) is 19.5 Å². The molecule has 4 unspecified atom stereocenters. The van der Waals surface area contributed by atoms with E-state index < -0.39 is 0 Å². The van der Waals surface area contributed by atoms with Crippen molar-refractivity contribution in [2.24, 2.45) is 11.7 Å². The van der Waals surface area contributed by atoms with Gasteiger partial charge in [0.15, 0.2) is 0 Å². The Balaban J connectivity index is 2.18. The summed E-state index contributed by atoms with van der Waals surface area (Å²) in [5, 5.41) is 9.86. The normalized spacial score (nSPS) is 28.1. The number of nitrogens with zero attached hydrogens (tertiary/aromatic N) is 1. The van der Waals surface area contributed by atoms with Gasteiger partial charge in [0.25, 0.3) is 0 Å². The molecule has 106 valence electrons. The first kappa shape index (κ1) is 14.5. The second kappa shape index (κ2) is 6.04. The summed E-state index contributed by atoms with van der Waals surface area (Å²) in [7, 11) is 0. The largest absolute Gasteiger partial charge is 0.393 e. The fourth-order valence-corrected chi connectivity index (χ4v) is 3.03. The molecule has 0 bridgehead atoms.